The highest BCUT2D eigenvalue weighted by Gasteiger charge is 2.21. The number of rotatable bonds is 8. The van der Waals surface area contributed by atoms with Crippen molar-refractivity contribution in [2.45, 2.75) is 65.0 Å². The first-order valence-electron chi connectivity index (χ1n) is 9.70. The summed E-state index contributed by atoms with van der Waals surface area (Å²) in [4.78, 5) is 24.6. The largest absolute Gasteiger partial charge is 0.463 e. The number of nitrogens with one attached hydrogen (secondary N) is 2. The maximum atomic E-state index is 12.5. The van der Waals surface area contributed by atoms with Gasteiger partial charge < -0.3 is 15.4 Å². The highest BCUT2D eigenvalue weighted by molar-refractivity contribution is 5.85. The van der Waals surface area contributed by atoms with Gasteiger partial charge in [0.1, 0.15) is 0 Å². The van der Waals surface area contributed by atoms with Crippen LogP contribution in [0, 0.1) is 12.8 Å². The molecule has 1 amide bonds. The van der Waals surface area contributed by atoms with Crippen molar-refractivity contribution in [3.8, 4) is 0 Å². The molecule has 27 heavy (non-hydrogen) atoms. The Morgan fingerprint density at radius 3 is 2.41 bits per heavy atom. The Kier molecular flexibility index (Phi) is 10.4. The lowest BCUT2D eigenvalue weighted by molar-refractivity contribution is -0.148. The van der Waals surface area contributed by atoms with Crippen molar-refractivity contribution in [3.05, 3.63) is 35.4 Å². The van der Waals surface area contributed by atoms with Gasteiger partial charge in [0.2, 0.25) is 5.91 Å². The zero-order chi connectivity index (χ0) is 18.9. The van der Waals surface area contributed by atoms with Crippen LogP contribution in [-0.2, 0) is 14.3 Å². The van der Waals surface area contributed by atoms with Crippen LogP contribution in [0.5, 0.6) is 0 Å². The molecule has 0 saturated carbocycles. The zero-order valence-electron chi connectivity index (χ0n) is 16.6. The minimum absolute atomic E-state index is 0. The molecular weight excluding hydrogens is 364 g/mol. The Hall–Kier alpha value is -1.59. The van der Waals surface area contributed by atoms with Crippen LogP contribution in [-0.4, -0.2) is 31.1 Å². The molecule has 6 heteroatoms. The maximum absolute atomic E-state index is 12.5. The number of carbonyl (C=O) groups is 2. The summed E-state index contributed by atoms with van der Waals surface area (Å²) in [7, 11) is 0. The third-order valence-corrected chi connectivity index (χ3v) is 4.79. The van der Waals surface area contributed by atoms with Crippen molar-refractivity contribution in [2.24, 2.45) is 5.92 Å². The van der Waals surface area contributed by atoms with Gasteiger partial charge in [0.15, 0.2) is 0 Å². The van der Waals surface area contributed by atoms with E-state index >= 15 is 0 Å². The van der Waals surface area contributed by atoms with Gasteiger partial charge in [-0.1, -0.05) is 29.8 Å². The van der Waals surface area contributed by atoms with Crippen molar-refractivity contribution in [1.82, 2.24) is 10.6 Å². The minimum Gasteiger partial charge on any atom is -0.463 e. The number of aryl methyl sites for hydroxylation is 1. The SMILES string of the molecule is Cc1ccc(C(CC(=O)OC(C)C)NC(=O)CCC2CCNCC2)cc1.Cl. The number of ether oxygens (including phenoxy) is 1. The molecule has 0 aromatic heterocycles. The van der Waals surface area contributed by atoms with Gasteiger partial charge in [0.05, 0.1) is 18.6 Å². The number of hydrogen-bond acceptors (Lipinski definition) is 4. The predicted molar refractivity (Wildman–Crippen MR) is 110 cm³/mol. The zero-order valence-corrected chi connectivity index (χ0v) is 17.4. The Balaban J connectivity index is 0.00000364. The third-order valence-electron chi connectivity index (χ3n) is 4.79. The lowest BCUT2D eigenvalue weighted by atomic mass is 9.93. The van der Waals surface area contributed by atoms with E-state index in [4.69, 9.17) is 4.74 Å². The standard InChI is InChI=1S/C21H32N2O3.ClH/c1-15(2)26-21(25)14-19(18-7-4-16(3)5-8-18)23-20(24)9-6-17-10-12-22-13-11-17;/h4-5,7-8,15,17,19,22H,6,9-14H2,1-3H3,(H,23,24);1H. The van der Waals surface area contributed by atoms with Crippen LogP contribution in [0.2, 0.25) is 0 Å². The van der Waals surface area contributed by atoms with Crippen molar-refractivity contribution in [3.63, 3.8) is 0 Å². The summed E-state index contributed by atoms with van der Waals surface area (Å²) in [6.07, 6.45) is 3.68. The number of halogens is 1. The van der Waals surface area contributed by atoms with Crippen molar-refractivity contribution >= 4 is 24.3 Å². The first-order valence-corrected chi connectivity index (χ1v) is 9.70. The highest BCUT2D eigenvalue weighted by atomic mass is 35.5. The highest BCUT2D eigenvalue weighted by Crippen LogP contribution is 2.21. The quantitative estimate of drug-likeness (QED) is 0.657. The van der Waals surface area contributed by atoms with Crippen LogP contribution in [0.1, 0.15) is 63.1 Å². The molecule has 5 nitrogen and oxygen atoms in total. The maximum Gasteiger partial charge on any atom is 0.308 e. The summed E-state index contributed by atoms with van der Waals surface area (Å²) in [5.74, 6) is 0.335. The van der Waals surface area contributed by atoms with E-state index in [0.29, 0.717) is 12.3 Å². The Labute approximate surface area is 169 Å². The monoisotopic (exact) mass is 396 g/mol. The number of carbonyl (C=O) groups excluding carboxylic acids is 2. The summed E-state index contributed by atoms with van der Waals surface area (Å²) in [5.41, 5.74) is 2.08. The van der Waals surface area contributed by atoms with Gasteiger partial charge in [-0.15, -0.1) is 12.4 Å². The van der Waals surface area contributed by atoms with Crippen LogP contribution in [0.25, 0.3) is 0 Å². The molecule has 1 aromatic carbocycles. The van der Waals surface area contributed by atoms with Crippen molar-refractivity contribution in [2.75, 3.05) is 13.1 Å². The summed E-state index contributed by atoms with van der Waals surface area (Å²) < 4.78 is 5.27. The van der Waals surface area contributed by atoms with Crippen molar-refractivity contribution in [1.29, 1.82) is 0 Å². The van der Waals surface area contributed by atoms with E-state index in [9.17, 15) is 9.59 Å². The van der Waals surface area contributed by atoms with E-state index < -0.39 is 0 Å². The van der Waals surface area contributed by atoms with E-state index in [2.05, 4.69) is 10.6 Å². The van der Waals surface area contributed by atoms with Gasteiger partial charge in [-0.3, -0.25) is 9.59 Å². The number of benzene rings is 1. The molecule has 0 aliphatic carbocycles. The topological polar surface area (TPSA) is 67.4 Å². The van der Waals surface area contributed by atoms with E-state index in [1.165, 1.54) is 0 Å². The van der Waals surface area contributed by atoms with Gasteiger partial charge in [0.25, 0.3) is 0 Å². The van der Waals surface area contributed by atoms with E-state index in [1.807, 2.05) is 45.0 Å². The molecule has 1 atom stereocenters. The molecule has 152 valence electrons. The average Bonchev–Trinajstić information content (AvgIpc) is 2.60. The molecule has 1 aliphatic rings. The van der Waals surface area contributed by atoms with Gasteiger partial charge in [-0.25, -0.2) is 0 Å². The molecule has 0 bridgehead atoms. The molecule has 2 rings (SSSR count). The number of piperidine rings is 1. The molecule has 1 fully saturated rings. The molecule has 1 unspecified atom stereocenters. The second kappa shape index (κ2) is 12.0. The molecule has 0 spiro atoms. The van der Waals surface area contributed by atoms with Gasteiger partial charge in [-0.2, -0.15) is 0 Å². The fourth-order valence-electron chi connectivity index (χ4n) is 3.30. The van der Waals surface area contributed by atoms with Gasteiger partial charge in [-0.05, 0) is 64.6 Å². The first-order chi connectivity index (χ1) is 12.4. The van der Waals surface area contributed by atoms with Crippen LogP contribution in [0.4, 0.5) is 0 Å². The molecule has 1 aromatic rings. The lowest BCUT2D eigenvalue weighted by Crippen LogP contribution is -2.32. The average molecular weight is 397 g/mol. The fraction of sp³-hybridized carbons (Fsp3) is 0.619. The number of amides is 1. The van der Waals surface area contributed by atoms with Gasteiger partial charge >= 0.3 is 5.97 Å². The van der Waals surface area contributed by atoms with E-state index in [1.54, 1.807) is 0 Å². The summed E-state index contributed by atoms with van der Waals surface area (Å²) >= 11 is 0. The lowest BCUT2D eigenvalue weighted by Gasteiger charge is -2.23. The molecule has 0 radical (unpaired) electrons. The van der Waals surface area contributed by atoms with Crippen LogP contribution >= 0.6 is 12.4 Å². The Morgan fingerprint density at radius 1 is 1.19 bits per heavy atom. The smallest absolute Gasteiger partial charge is 0.308 e. The molecule has 1 heterocycles. The summed E-state index contributed by atoms with van der Waals surface area (Å²) in [5, 5.41) is 6.39. The molecular formula is C21H33ClN2O3. The Morgan fingerprint density at radius 2 is 1.81 bits per heavy atom. The predicted octanol–water partition coefficient (Wildman–Crippen LogP) is 3.70. The molecule has 1 saturated heterocycles. The molecule has 2 N–H and O–H groups in total. The van der Waals surface area contributed by atoms with Gasteiger partial charge in [0, 0.05) is 6.42 Å². The number of esters is 1. The van der Waals surface area contributed by atoms with Crippen LogP contribution in [0.3, 0.4) is 0 Å². The van der Waals surface area contributed by atoms with E-state index in [0.717, 1.165) is 43.5 Å². The number of hydrogen-bond donors (Lipinski definition) is 2. The molecule has 1 aliphatic heterocycles. The minimum atomic E-state index is -0.345. The summed E-state index contributed by atoms with van der Waals surface area (Å²) in [6, 6.07) is 7.59. The second-order valence-electron chi connectivity index (χ2n) is 7.51. The Bertz CT molecular complexity index is 584. The fourth-order valence-corrected chi connectivity index (χ4v) is 3.30. The first kappa shape index (κ1) is 23.4. The summed E-state index contributed by atoms with van der Waals surface area (Å²) in [6.45, 7) is 7.76. The van der Waals surface area contributed by atoms with Crippen LogP contribution in [0.15, 0.2) is 24.3 Å². The third kappa shape index (κ3) is 8.76. The van der Waals surface area contributed by atoms with E-state index in [-0.39, 0.29) is 42.9 Å². The van der Waals surface area contributed by atoms with Crippen LogP contribution < -0.4 is 10.6 Å². The van der Waals surface area contributed by atoms with Crippen molar-refractivity contribution < 1.29 is 14.3 Å². The normalized spacial score (nSPS) is 15.7. The second-order valence-corrected chi connectivity index (χ2v) is 7.51.